The Hall–Kier alpha value is -3.94. The zero-order chi connectivity index (χ0) is 25.3. The van der Waals surface area contributed by atoms with Gasteiger partial charge in [0.05, 0.1) is 29.1 Å². The van der Waals surface area contributed by atoms with Crippen molar-refractivity contribution in [1.82, 2.24) is 15.2 Å². The van der Waals surface area contributed by atoms with Crippen LogP contribution < -0.4 is 10.6 Å². The number of nitrogens with zero attached hydrogens (tertiary/aromatic N) is 1. The summed E-state index contributed by atoms with van der Waals surface area (Å²) in [6.07, 6.45) is 2.42. The number of anilines is 1. The number of benzene rings is 3. The summed E-state index contributed by atoms with van der Waals surface area (Å²) < 4.78 is 0. The van der Waals surface area contributed by atoms with Gasteiger partial charge in [-0.15, -0.1) is 0 Å². The first-order valence-corrected chi connectivity index (χ1v) is 12.7. The second kappa shape index (κ2) is 8.03. The van der Waals surface area contributed by atoms with E-state index in [1.165, 1.54) is 4.90 Å². The molecule has 3 aliphatic rings. The largest absolute Gasteiger partial charge is 0.361 e. The van der Waals surface area contributed by atoms with E-state index in [1.54, 1.807) is 12.1 Å². The van der Waals surface area contributed by atoms with Crippen molar-refractivity contribution in [2.75, 3.05) is 5.32 Å². The summed E-state index contributed by atoms with van der Waals surface area (Å²) >= 11 is 6.45. The van der Waals surface area contributed by atoms with Crippen LogP contribution in [0, 0.1) is 11.8 Å². The number of aromatic nitrogens is 1. The van der Waals surface area contributed by atoms with E-state index in [9.17, 15) is 14.4 Å². The van der Waals surface area contributed by atoms with Crippen LogP contribution in [0.5, 0.6) is 0 Å². The first kappa shape index (κ1) is 22.3. The van der Waals surface area contributed by atoms with Crippen molar-refractivity contribution in [2.24, 2.45) is 11.8 Å². The highest BCUT2D eigenvalue weighted by molar-refractivity contribution is 6.35. The lowest BCUT2D eigenvalue weighted by Crippen LogP contribution is -2.53. The summed E-state index contributed by atoms with van der Waals surface area (Å²) in [5, 5.41) is 7.85. The van der Waals surface area contributed by atoms with E-state index in [-0.39, 0.29) is 24.3 Å². The summed E-state index contributed by atoms with van der Waals surface area (Å²) in [6.45, 7) is 0.172. The van der Waals surface area contributed by atoms with Crippen LogP contribution in [-0.2, 0) is 32.9 Å². The standard InChI is InChI=1S/C29H23ClN4O3/c30-20-11-6-10-19-25(20)32-28(37)29(19)24-23(26(35)34(27(24)36)15-16-7-2-1-3-8-16)22(33-29)13-17-14-31-21-12-5-4-9-18(17)21/h1-12,14,22-24,31,33H,13,15H2,(H,32,37)/t22-,23-,24+,29+/m1/s1. The van der Waals surface area contributed by atoms with Crippen molar-refractivity contribution in [1.29, 1.82) is 0 Å². The first-order chi connectivity index (χ1) is 18.0. The molecule has 3 amide bonds. The molecule has 3 aromatic carbocycles. The van der Waals surface area contributed by atoms with E-state index < -0.39 is 23.4 Å². The summed E-state index contributed by atoms with van der Waals surface area (Å²) in [4.78, 5) is 46.3. The Morgan fingerprint density at radius 3 is 2.51 bits per heavy atom. The number of H-pyrrole nitrogens is 1. The topological polar surface area (TPSA) is 94.3 Å². The predicted molar refractivity (Wildman–Crippen MR) is 140 cm³/mol. The minimum atomic E-state index is -1.38. The fraction of sp³-hybridized carbons (Fsp3) is 0.207. The molecule has 4 heterocycles. The van der Waals surface area contributed by atoms with Gasteiger partial charge < -0.3 is 10.3 Å². The highest BCUT2D eigenvalue weighted by atomic mass is 35.5. The molecule has 4 atom stereocenters. The molecule has 0 bridgehead atoms. The predicted octanol–water partition coefficient (Wildman–Crippen LogP) is 3.98. The molecule has 0 aliphatic carbocycles. The first-order valence-electron chi connectivity index (χ1n) is 12.3. The number of imide groups is 1. The third-order valence-electron chi connectivity index (χ3n) is 8.09. The van der Waals surface area contributed by atoms with Crippen molar-refractivity contribution in [3.8, 4) is 0 Å². The number of aromatic amines is 1. The summed E-state index contributed by atoms with van der Waals surface area (Å²) in [5.74, 6) is -2.51. The lowest BCUT2D eigenvalue weighted by Gasteiger charge is -2.29. The number of nitrogens with one attached hydrogen (secondary N) is 3. The molecule has 37 heavy (non-hydrogen) atoms. The van der Waals surface area contributed by atoms with E-state index in [0.717, 1.165) is 22.0 Å². The van der Waals surface area contributed by atoms with Gasteiger partial charge in [0, 0.05) is 28.7 Å². The lowest BCUT2D eigenvalue weighted by atomic mass is 9.76. The second-order valence-corrected chi connectivity index (χ2v) is 10.4. The quantitative estimate of drug-likeness (QED) is 0.362. The summed E-state index contributed by atoms with van der Waals surface area (Å²) in [5.41, 5.74) is 2.62. The highest BCUT2D eigenvalue weighted by Gasteiger charge is 2.70. The molecular weight excluding hydrogens is 488 g/mol. The molecular formula is C29H23ClN4O3. The van der Waals surface area contributed by atoms with Gasteiger partial charge in [-0.05, 0) is 29.7 Å². The number of hydrogen-bond acceptors (Lipinski definition) is 4. The minimum absolute atomic E-state index is 0.172. The fourth-order valence-electron chi connectivity index (χ4n) is 6.49. The van der Waals surface area contributed by atoms with Crippen molar-refractivity contribution in [3.05, 3.63) is 101 Å². The maximum atomic E-state index is 14.0. The van der Waals surface area contributed by atoms with Gasteiger partial charge in [0.15, 0.2) is 0 Å². The van der Waals surface area contributed by atoms with Crippen molar-refractivity contribution < 1.29 is 14.4 Å². The van der Waals surface area contributed by atoms with Crippen LogP contribution in [0.3, 0.4) is 0 Å². The number of hydrogen-bond donors (Lipinski definition) is 3. The van der Waals surface area contributed by atoms with Crippen molar-refractivity contribution in [3.63, 3.8) is 0 Å². The van der Waals surface area contributed by atoms with Crippen LogP contribution >= 0.6 is 11.6 Å². The van der Waals surface area contributed by atoms with Crippen LogP contribution in [0.15, 0.2) is 79.0 Å². The molecule has 7 rings (SSSR count). The van der Waals surface area contributed by atoms with Gasteiger partial charge in [0.25, 0.3) is 0 Å². The minimum Gasteiger partial charge on any atom is -0.361 e. The number of likely N-dealkylation sites (tertiary alicyclic amines) is 1. The molecule has 1 aromatic heterocycles. The number of halogens is 1. The Morgan fingerprint density at radius 1 is 0.892 bits per heavy atom. The van der Waals surface area contributed by atoms with Crippen LogP contribution in [0.1, 0.15) is 16.7 Å². The monoisotopic (exact) mass is 510 g/mol. The van der Waals surface area contributed by atoms with Gasteiger partial charge in [-0.25, -0.2) is 0 Å². The van der Waals surface area contributed by atoms with Crippen molar-refractivity contribution >= 4 is 45.9 Å². The number of rotatable bonds is 4. The summed E-state index contributed by atoms with van der Waals surface area (Å²) in [7, 11) is 0. The molecule has 1 spiro atoms. The van der Waals surface area contributed by atoms with Crippen LogP contribution in [-0.4, -0.2) is 33.6 Å². The van der Waals surface area contributed by atoms with Gasteiger partial charge in [-0.1, -0.05) is 72.3 Å². The average molecular weight is 511 g/mol. The van der Waals surface area contributed by atoms with E-state index in [2.05, 4.69) is 15.6 Å². The number of para-hydroxylation sites is 2. The average Bonchev–Trinajstić information content (AvgIpc) is 3.62. The lowest BCUT2D eigenvalue weighted by molar-refractivity contribution is -0.143. The molecule has 184 valence electrons. The van der Waals surface area contributed by atoms with E-state index >= 15 is 0 Å². The van der Waals surface area contributed by atoms with Gasteiger partial charge in [-0.2, -0.15) is 0 Å². The normalized spacial score (nSPS) is 26.2. The van der Waals surface area contributed by atoms with E-state index in [1.807, 2.05) is 66.9 Å². The molecule has 0 saturated carbocycles. The number of carbonyl (C=O) groups is 3. The molecule has 3 aliphatic heterocycles. The fourth-order valence-corrected chi connectivity index (χ4v) is 6.71. The van der Waals surface area contributed by atoms with Gasteiger partial charge in [-0.3, -0.25) is 24.6 Å². The van der Waals surface area contributed by atoms with Gasteiger partial charge in [0.1, 0.15) is 5.54 Å². The summed E-state index contributed by atoms with van der Waals surface area (Å²) in [6, 6.07) is 22.3. The van der Waals surface area contributed by atoms with Gasteiger partial charge in [0.2, 0.25) is 17.7 Å². The Morgan fingerprint density at radius 2 is 1.68 bits per heavy atom. The maximum Gasteiger partial charge on any atom is 0.250 e. The Labute approximate surface area is 217 Å². The second-order valence-electron chi connectivity index (χ2n) is 9.99. The smallest absolute Gasteiger partial charge is 0.250 e. The third kappa shape index (κ3) is 3.08. The molecule has 7 nitrogen and oxygen atoms in total. The van der Waals surface area contributed by atoms with Crippen molar-refractivity contribution in [2.45, 2.75) is 24.5 Å². The Balaban J connectivity index is 1.35. The molecule has 0 radical (unpaired) electrons. The number of carbonyl (C=O) groups excluding carboxylic acids is 3. The highest BCUT2D eigenvalue weighted by Crippen LogP contribution is 2.54. The maximum absolute atomic E-state index is 14.0. The third-order valence-corrected chi connectivity index (χ3v) is 8.40. The molecule has 2 saturated heterocycles. The SMILES string of the molecule is O=C1[C@H]2[C@@H](C(=O)N1Cc1ccccc1)[C@]1(N[C@@H]2Cc2c[nH]c3ccccc23)C(=O)Nc2c(Cl)cccc21. The molecule has 8 heteroatoms. The molecule has 0 unspecified atom stereocenters. The number of amides is 3. The Kier molecular flexibility index (Phi) is 4.83. The van der Waals surface area contributed by atoms with Crippen LogP contribution in [0.25, 0.3) is 10.9 Å². The van der Waals surface area contributed by atoms with Crippen LogP contribution in [0.4, 0.5) is 5.69 Å². The van der Waals surface area contributed by atoms with E-state index in [4.69, 9.17) is 11.6 Å². The Bertz CT molecular complexity index is 1600. The zero-order valence-corrected chi connectivity index (χ0v) is 20.5. The van der Waals surface area contributed by atoms with E-state index in [0.29, 0.717) is 22.7 Å². The zero-order valence-electron chi connectivity index (χ0n) is 19.7. The number of fused-ring (bicyclic) bond motifs is 5. The van der Waals surface area contributed by atoms with Gasteiger partial charge >= 0.3 is 0 Å². The van der Waals surface area contributed by atoms with Crippen LogP contribution in [0.2, 0.25) is 5.02 Å². The molecule has 3 N–H and O–H groups in total. The molecule has 4 aromatic rings. The molecule has 2 fully saturated rings.